The second-order valence-corrected chi connectivity index (χ2v) is 7.43. The van der Waals surface area contributed by atoms with Gasteiger partial charge in [-0.05, 0) is 38.1 Å². The molecule has 1 atom stereocenters. The van der Waals surface area contributed by atoms with Crippen LogP contribution in [0.3, 0.4) is 0 Å². The van der Waals surface area contributed by atoms with Gasteiger partial charge in [-0.15, -0.1) is 0 Å². The number of aliphatic hydroxyl groups excluding tert-OH is 1. The molecule has 2 aromatic carbocycles. The van der Waals surface area contributed by atoms with Crippen LogP contribution in [0.15, 0.2) is 48.5 Å². The summed E-state index contributed by atoms with van der Waals surface area (Å²) >= 11 is 0. The van der Waals surface area contributed by atoms with Gasteiger partial charge in [-0.2, -0.15) is 0 Å². The molecule has 0 saturated carbocycles. The number of aromatic nitrogens is 2. The molecular weight excluding hydrogens is 380 g/mol. The highest BCUT2D eigenvalue weighted by atomic mass is 16.5. The van der Waals surface area contributed by atoms with E-state index < -0.39 is 6.10 Å². The summed E-state index contributed by atoms with van der Waals surface area (Å²) in [6, 6.07) is 15.6. The van der Waals surface area contributed by atoms with Crippen molar-refractivity contribution in [3.63, 3.8) is 0 Å². The molecule has 0 unspecified atom stereocenters. The molecule has 1 aromatic heterocycles. The molecule has 30 heavy (non-hydrogen) atoms. The summed E-state index contributed by atoms with van der Waals surface area (Å²) in [6.07, 6.45) is -0.713. The minimum absolute atomic E-state index is 0.149. The zero-order chi connectivity index (χ0) is 21.5. The smallest absolute Gasteiger partial charge is 0.356 e. The number of methoxy groups -OCH3 is 1. The Balaban J connectivity index is 1.76. The quantitative estimate of drug-likeness (QED) is 0.407. The Hall–Kier alpha value is -2.77. The number of anilines is 1. The lowest BCUT2D eigenvalue weighted by atomic mass is 10.3. The van der Waals surface area contributed by atoms with Crippen molar-refractivity contribution in [3.8, 4) is 11.5 Å². The third-order valence-electron chi connectivity index (χ3n) is 5.60. The molecule has 0 aliphatic rings. The summed E-state index contributed by atoms with van der Waals surface area (Å²) in [5.74, 6) is 1.91. The number of nitrogen functional groups attached to an aromatic ring is 1. The Morgan fingerprint density at radius 2 is 1.73 bits per heavy atom. The van der Waals surface area contributed by atoms with Gasteiger partial charge in [0.25, 0.3) is 0 Å². The molecule has 0 saturated heterocycles. The van der Waals surface area contributed by atoms with Gasteiger partial charge in [0.1, 0.15) is 43.4 Å². The standard InChI is InChI=1S/C23H32N4O3/c1-4-25(5-2)14-15-26-19-10-6-7-11-20(19)27(23(26)24)16-18(28)17-30-22-13-9-8-12-21(22)29-3/h6-13,18,24,28H,4-5,14-17H2,1-3H3/p+2/t18-/m1/s1. The van der Waals surface area contributed by atoms with Crippen LogP contribution in [-0.4, -0.2) is 49.1 Å². The SMILES string of the molecule is CC[NH+](CC)CCn1c(N)[n+](C[C@@H](O)COc2ccccc2OC)c2ccccc21. The number of ether oxygens (including phenoxy) is 2. The molecule has 1 heterocycles. The summed E-state index contributed by atoms with van der Waals surface area (Å²) in [5.41, 5.74) is 8.63. The second kappa shape index (κ2) is 10.3. The molecular formula is C23H34N4O3+2. The summed E-state index contributed by atoms with van der Waals surface area (Å²) in [5, 5.41) is 10.7. The molecule has 0 amide bonds. The third kappa shape index (κ3) is 4.86. The first-order chi connectivity index (χ1) is 14.6. The van der Waals surface area contributed by atoms with Crippen LogP contribution in [0.1, 0.15) is 13.8 Å². The van der Waals surface area contributed by atoms with Crippen molar-refractivity contribution in [2.45, 2.75) is 33.0 Å². The molecule has 3 rings (SSSR count). The average Bonchev–Trinajstić information content (AvgIpc) is 3.04. The van der Waals surface area contributed by atoms with E-state index in [-0.39, 0.29) is 6.61 Å². The Bertz CT molecular complexity index is 953. The number of rotatable bonds is 11. The fourth-order valence-corrected chi connectivity index (χ4v) is 3.80. The summed E-state index contributed by atoms with van der Waals surface area (Å²) in [4.78, 5) is 1.53. The van der Waals surface area contributed by atoms with E-state index in [0.717, 1.165) is 37.2 Å². The van der Waals surface area contributed by atoms with Crippen LogP contribution in [0, 0.1) is 0 Å². The molecule has 0 radical (unpaired) electrons. The number of nitrogens with one attached hydrogen (secondary N) is 1. The number of aliphatic hydroxyl groups is 1. The van der Waals surface area contributed by atoms with Gasteiger partial charge in [0.2, 0.25) is 0 Å². The molecule has 0 aliphatic heterocycles. The monoisotopic (exact) mass is 414 g/mol. The largest absolute Gasteiger partial charge is 0.493 e. The van der Waals surface area contributed by atoms with E-state index in [9.17, 15) is 5.11 Å². The minimum atomic E-state index is -0.713. The molecule has 0 spiro atoms. The summed E-state index contributed by atoms with van der Waals surface area (Å²) < 4.78 is 15.2. The Labute approximate surface area is 178 Å². The Kier molecular flexibility index (Phi) is 7.54. The maximum Gasteiger partial charge on any atom is 0.356 e. The molecule has 7 nitrogen and oxygen atoms in total. The number of imidazole rings is 1. The molecule has 7 heteroatoms. The number of likely N-dealkylation sites (N-methyl/N-ethyl adjacent to an activating group) is 1. The molecule has 162 valence electrons. The van der Waals surface area contributed by atoms with Crippen LogP contribution in [0.2, 0.25) is 0 Å². The maximum absolute atomic E-state index is 10.7. The van der Waals surface area contributed by atoms with Crippen LogP contribution < -0.4 is 24.7 Å². The first-order valence-electron chi connectivity index (χ1n) is 10.6. The van der Waals surface area contributed by atoms with Gasteiger partial charge in [0.05, 0.1) is 20.2 Å². The van der Waals surface area contributed by atoms with Crippen LogP contribution in [0.25, 0.3) is 11.0 Å². The van der Waals surface area contributed by atoms with Gasteiger partial charge in [0, 0.05) is 0 Å². The fourth-order valence-electron chi connectivity index (χ4n) is 3.80. The normalized spacial score (nSPS) is 12.4. The molecule has 4 N–H and O–H groups in total. The van der Waals surface area contributed by atoms with Crippen LogP contribution in [0.4, 0.5) is 5.95 Å². The Morgan fingerprint density at radius 1 is 1.07 bits per heavy atom. The van der Waals surface area contributed by atoms with Crippen molar-refractivity contribution in [3.05, 3.63) is 48.5 Å². The van der Waals surface area contributed by atoms with Crippen molar-refractivity contribution in [1.82, 2.24) is 4.57 Å². The fraction of sp³-hybridized carbons (Fsp3) is 0.435. The number of nitrogens with zero attached hydrogens (tertiary/aromatic N) is 2. The first kappa shape index (κ1) is 21.9. The van der Waals surface area contributed by atoms with E-state index in [1.165, 1.54) is 4.90 Å². The van der Waals surface area contributed by atoms with Crippen molar-refractivity contribution >= 4 is 17.0 Å². The number of benzene rings is 2. The number of para-hydroxylation sites is 4. The van der Waals surface area contributed by atoms with Crippen LogP contribution in [-0.2, 0) is 13.1 Å². The minimum Gasteiger partial charge on any atom is -0.493 e. The number of fused-ring (bicyclic) bond motifs is 1. The third-order valence-corrected chi connectivity index (χ3v) is 5.60. The van der Waals surface area contributed by atoms with E-state index in [2.05, 4.69) is 24.5 Å². The number of quaternary nitrogens is 1. The molecule has 0 aliphatic carbocycles. The molecule has 3 aromatic rings. The highest BCUT2D eigenvalue weighted by Crippen LogP contribution is 2.25. The van der Waals surface area contributed by atoms with E-state index in [1.807, 2.05) is 47.0 Å². The van der Waals surface area contributed by atoms with Gasteiger partial charge in [-0.1, -0.05) is 24.3 Å². The number of hydrogen-bond acceptors (Lipinski definition) is 4. The number of nitrogens with two attached hydrogens (primary N) is 1. The van der Waals surface area contributed by atoms with Crippen molar-refractivity contribution < 1.29 is 24.0 Å². The van der Waals surface area contributed by atoms with Gasteiger partial charge in [0.15, 0.2) is 11.5 Å². The summed E-state index contributed by atoms with van der Waals surface area (Å²) in [7, 11) is 1.60. The van der Waals surface area contributed by atoms with Gasteiger partial charge in [-0.25, -0.2) is 9.13 Å². The van der Waals surface area contributed by atoms with E-state index in [1.54, 1.807) is 7.11 Å². The zero-order valence-corrected chi connectivity index (χ0v) is 18.2. The lowest BCUT2D eigenvalue weighted by molar-refractivity contribution is -0.897. The average molecular weight is 415 g/mol. The van der Waals surface area contributed by atoms with Gasteiger partial charge in [-0.3, -0.25) is 5.73 Å². The highest BCUT2D eigenvalue weighted by Gasteiger charge is 2.24. The predicted octanol–water partition coefficient (Wildman–Crippen LogP) is 0.884. The summed E-state index contributed by atoms with van der Waals surface area (Å²) in [6.45, 7) is 8.94. The highest BCUT2D eigenvalue weighted by molar-refractivity contribution is 5.73. The van der Waals surface area contributed by atoms with Crippen LogP contribution >= 0.6 is 0 Å². The van der Waals surface area contributed by atoms with Gasteiger partial charge >= 0.3 is 5.95 Å². The van der Waals surface area contributed by atoms with Crippen LogP contribution in [0.5, 0.6) is 11.5 Å². The lowest BCUT2D eigenvalue weighted by Gasteiger charge is -2.15. The molecule has 0 fully saturated rings. The zero-order valence-electron chi connectivity index (χ0n) is 18.2. The second-order valence-electron chi connectivity index (χ2n) is 7.43. The maximum atomic E-state index is 10.7. The predicted molar refractivity (Wildman–Crippen MR) is 118 cm³/mol. The lowest BCUT2D eigenvalue weighted by Crippen LogP contribution is -3.11. The van der Waals surface area contributed by atoms with Crippen molar-refractivity contribution in [2.75, 3.05) is 39.1 Å². The number of hydrogen-bond donors (Lipinski definition) is 3. The van der Waals surface area contributed by atoms with E-state index >= 15 is 0 Å². The molecule has 0 bridgehead atoms. The van der Waals surface area contributed by atoms with E-state index in [4.69, 9.17) is 15.2 Å². The Morgan fingerprint density at radius 3 is 2.43 bits per heavy atom. The first-order valence-corrected chi connectivity index (χ1v) is 10.6. The van der Waals surface area contributed by atoms with Gasteiger partial charge < -0.3 is 19.5 Å². The van der Waals surface area contributed by atoms with E-state index in [0.29, 0.717) is 24.0 Å². The van der Waals surface area contributed by atoms with Crippen molar-refractivity contribution in [2.24, 2.45) is 0 Å². The van der Waals surface area contributed by atoms with Crippen molar-refractivity contribution in [1.29, 1.82) is 0 Å². The topological polar surface area (TPSA) is 78.0 Å².